The van der Waals surface area contributed by atoms with Gasteiger partial charge in [0.15, 0.2) is 0 Å². The van der Waals surface area contributed by atoms with Crippen LogP contribution >= 0.6 is 0 Å². The third-order valence-corrected chi connectivity index (χ3v) is 4.13. The molecule has 1 aliphatic carbocycles. The third kappa shape index (κ3) is 1.84. The molecule has 0 aromatic heterocycles. The zero-order valence-electron chi connectivity index (χ0n) is 9.65. The fraction of sp³-hybridized carbons (Fsp3) is 0.917. The van der Waals surface area contributed by atoms with Crippen LogP contribution in [0.1, 0.15) is 25.7 Å². The molecule has 3 aliphatic rings. The number of carbonyl (C=O) groups excluding carboxylic acids is 1. The van der Waals surface area contributed by atoms with Crippen molar-refractivity contribution in [3.05, 3.63) is 0 Å². The van der Waals surface area contributed by atoms with Gasteiger partial charge < -0.3 is 15.0 Å². The zero-order valence-corrected chi connectivity index (χ0v) is 9.65. The van der Waals surface area contributed by atoms with Crippen LogP contribution in [0, 0.1) is 5.92 Å². The summed E-state index contributed by atoms with van der Waals surface area (Å²) in [5, 5.41) is 3.22. The second-order valence-electron chi connectivity index (χ2n) is 5.22. The lowest BCUT2D eigenvalue weighted by Crippen LogP contribution is -2.53. The predicted octanol–water partition coefficient (Wildman–Crippen LogP) is 0.376. The van der Waals surface area contributed by atoms with E-state index in [1.807, 2.05) is 0 Å². The molecule has 2 atom stereocenters. The Morgan fingerprint density at radius 3 is 3.00 bits per heavy atom. The first-order chi connectivity index (χ1) is 7.84. The zero-order chi connectivity index (χ0) is 11.0. The Kier molecular flexibility index (Phi) is 2.86. The molecule has 1 amide bonds. The minimum Gasteiger partial charge on any atom is -0.374 e. The van der Waals surface area contributed by atoms with E-state index in [4.69, 9.17) is 4.74 Å². The van der Waals surface area contributed by atoms with Crippen LogP contribution in [0.3, 0.4) is 0 Å². The first kappa shape index (κ1) is 10.5. The van der Waals surface area contributed by atoms with Gasteiger partial charge in [0.25, 0.3) is 0 Å². The average molecular weight is 224 g/mol. The number of carbonyl (C=O) groups is 1. The van der Waals surface area contributed by atoms with Gasteiger partial charge in [0.1, 0.15) is 0 Å². The number of amides is 1. The van der Waals surface area contributed by atoms with E-state index in [0.717, 1.165) is 45.5 Å². The fourth-order valence-electron chi connectivity index (χ4n) is 3.09. The average Bonchev–Trinajstić information content (AvgIpc) is 2.70. The van der Waals surface area contributed by atoms with Gasteiger partial charge in [-0.3, -0.25) is 4.79 Å². The van der Waals surface area contributed by atoms with E-state index in [2.05, 4.69) is 10.2 Å². The standard InChI is InChI=1S/C12H20N2O2/c15-12(6-9-7-13-8-9)14-4-5-16-11-3-1-2-10(11)14/h9-11,13H,1-8H2. The van der Waals surface area contributed by atoms with Crippen LogP contribution in [-0.2, 0) is 9.53 Å². The minimum absolute atomic E-state index is 0.331. The Morgan fingerprint density at radius 1 is 1.38 bits per heavy atom. The normalized spacial score (nSPS) is 34.6. The molecule has 2 aliphatic heterocycles. The van der Waals surface area contributed by atoms with Crippen molar-refractivity contribution in [1.82, 2.24) is 10.2 Å². The number of rotatable bonds is 2. The summed E-state index contributed by atoms with van der Waals surface area (Å²) in [5.74, 6) is 0.932. The lowest BCUT2D eigenvalue weighted by atomic mass is 9.97. The Bertz CT molecular complexity index is 278. The summed E-state index contributed by atoms with van der Waals surface area (Å²) < 4.78 is 5.72. The van der Waals surface area contributed by atoms with Crippen LogP contribution in [0.5, 0.6) is 0 Å². The summed E-state index contributed by atoms with van der Waals surface area (Å²) in [5.41, 5.74) is 0. The van der Waals surface area contributed by atoms with Crippen molar-refractivity contribution in [2.45, 2.75) is 37.8 Å². The van der Waals surface area contributed by atoms with Crippen LogP contribution in [0.2, 0.25) is 0 Å². The number of nitrogens with one attached hydrogen (secondary N) is 1. The molecule has 0 spiro atoms. The van der Waals surface area contributed by atoms with Gasteiger partial charge in [-0.1, -0.05) is 0 Å². The summed E-state index contributed by atoms with van der Waals surface area (Å²) in [6.45, 7) is 3.57. The second-order valence-corrected chi connectivity index (χ2v) is 5.22. The first-order valence-electron chi connectivity index (χ1n) is 6.46. The maximum Gasteiger partial charge on any atom is 0.223 e. The van der Waals surface area contributed by atoms with Crippen LogP contribution < -0.4 is 5.32 Å². The molecule has 0 radical (unpaired) electrons. The van der Waals surface area contributed by atoms with Gasteiger partial charge >= 0.3 is 0 Å². The number of morpholine rings is 1. The van der Waals surface area contributed by atoms with Gasteiger partial charge in [0.2, 0.25) is 5.91 Å². The monoisotopic (exact) mass is 224 g/mol. The maximum atomic E-state index is 12.2. The van der Waals surface area contributed by atoms with Crippen LogP contribution in [0.15, 0.2) is 0 Å². The van der Waals surface area contributed by atoms with Gasteiger partial charge in [-0.15, -0.1) is 0 Å². The van der Waals surface area contributed by atoms with E-state index < -0.39 is 0 Å². The number of hydrogen-bond acceptors (Lipinski definition) is 3. The highest BCUT2D eigenvalue weighted by Gasteiger charge is 2.38. The molecule has 1 saturated carbocycles. The maximum absolute atomic E-state index is 12.2. The summed E-state index contributed by atoms with van der Waals surface area (Å²) in [6, 6.07) is 0.384. The van der Waals surface area contributed by atoms with Gasteiger partial charge in [-0.05, 0) is 38.3 Å². The van der Waals surface area contributed by atoms with Crippen molar-refractivity contribution in [3.8, 4) is 0 Å². The molecule has 16 heavy (non-hydrogen) atoms. The summed E-state index contributed by atoms with van der Waals surface area (Å²) in [4.78, 5) is 14.3. The van der Waals surface area contributed by atoms with Crippen molar-refractivity contribution in [3.63, 3.8) is 0 Å². The Morgan fingerprint density at radius 2 is 2.25 bits per heavy atom. The Hall–Kier alpha value is -0.610. The molecule has 90 valence electrons. The van der Waals surface area contributed by atoms with E-state index in [9.17, 15) is 4.79 Å². The second kappa shape index (κ2) is 4.34. The van der Waals surface area contributed by atoms with Gasteiger partial charge in [-0.2, -0.15) is 0 Å². The molecule has 0 aromatic rings. The minimum atomic E-state index is 0.331. The number of fused-ring (bicyclic) bond motifs is 1. The summed E-state index contributed by atoms with van der Waals surface area (Å²) in [7, 11) is 0. The predicted molar refractivity (Wildman–Crippen MR) is 60.1 cm³/mol. The Labute approximate surface area is 96.3 Å². The van der Waals surface area contributed by atoms with Crippen molar-refractivity contribution in [2.75, 3.05) is 26.2 Å². The van der Waals surface area contributed by atoms with Crippen molar-refractivity contribution in [1.29, 1.82) is 0 Å². The largest absolute Gasteiger partial charge is 0.374 e. The molecule has 0 bridgehead atoms. The van der Waals surface area contributed by atoms with E-state index >= 15 is 0 Å². The highest BCUT2D eigenvalue weighted by molar-refractivity contribution is 5.77. The fourth-order valence-corrected chi connectivity index (χ4v) is 3.09. The molecule has 2 saturated heterocycles. The number of ether oxygens (including phenoxy) is 1. The van der Waals surface area contributed by atoms with Crippen LogP contribution in [-0.4, -0.2) is 49.2 Å². The van der Waals surface area contributed by atoms with E-state index in [-0.39, 0.29) is 0 Å². The van der Waals surface area contributed by atoms with Crippen LogP contribution in [0.25, 0.3) is 0 Å². The van der Waals surface area contributed by atoms with E-state index in [1.54, 1.807) is 0 Å². The summed E-state index contributed by atoms with van der Waals surface area (Å²) >= 11 is 0. The van der Waals surface area contributed by atoms with Crippen molar-refractivity contribution < 1.29 is 9.53 Å². The highest BCUT2D eigenvalue weighted by atomic mass is 16.5. The molecule has 4 heteroatoms. The molecule has 2 heterocycles. The van der Waals surface area contributed by atoms with Crippen LogP contribution in [0.4, 0.5) is 0 Å². The van der Waals surface area contributed by atoms with Crippen molar-refractivity contribution >= 4 is 5.91 Å². The molecular weight excluding hydrogens is 204 g/mol. The lowest BCUT2D eigenvalue weighted by molar-refractivity contribution is -0.145. The molecule has 3 fully saturated rings. The molecule has 0 aromatic carbocycles. The molecule has 1 N–H and O–H groups in total. The Balaban J connectivity index is 1.61. The highest BCUT2D eigenvalue weighted by Crippen LogP contribution is 2.30. The van der Waals surface area contributed by atoms with E-state index in [0.29, 0.717) is 24.0 Å². The lowest BCUT2D eigenvalue weighted by Gasteiger charge is -2.39. The van der Waals surface area contributed by atoms with Crippen molar-refractivity contribution in [2.24, 2.45) is 5.92 Å². The SMILES string of the molecule is O=C(CC1CNC1)N1CCOC2CCCC21. The smallest absolute Gasteiger partial charge is 0.223 e. The number of hydrogen-bond donors (Lipinski definition) is 1. The van der Waals surface area contributed by atoms with Gasteiger partial charge in [-0.25, -0.2) is 0 Å². The first-order valence-corrected chi connectivity index (χ1v) is 6.46. The summed E-state index contributed by atoms with van der Waals surface area (Å²) in [6.07, 6.45) is 4.55. The topological polar surface area (TPSA) is 41.6 Å². The molecule has 4 nitrogen and oxygen atoms in total. The third-order valence-electron chi connectivity index (χ3n) is 4.13. The molecule has 2 unspecified atom stereocenters. The van der Waals surface area contributed by atoms with Gasteiger partial charge in [0.05, 0.1) is 18.8 Å². The molecule has 3 rings (SSSR count). The quantitative estimate of drug-likeness (QED) is 0.737. The molecular formula is C12H20N2O2. The van der Waals surface area contributed by atoms with Gasteiger partial charge in [0, 0.05) is 13.0 Å². The number of nitrogens with zero attached hydrogens (tertiary/aromatic N) is 1. The van der Waals surface area contributed by atoms with E-state index in [1.165, 1.54) is 6.42 Å².